The van der Waals surface area contributed by atoms with E-state index < -0.39 is 138 Å². The Labute approximate surface area is 490 Å². The summed E-state index contributed by atoms with van der Waals surface area (Å²) < 4.78 is 54.9. The molecule has 18 atom stereocenters. The number of ether oxygens (including phenoxy) is 9. The van der Waals surface area contributed by atoms with Crippen molar-refractivity contribution >= 4 is 24.0 Å². The molecule has 21 nitrogen and oxygen atoms in total. The van der Waals surface area contributed by atoms with E-state index in [4.69, 9.17) is 61.2 Å². The number of nitrogens with two attached hydrogens (primary N) is 1. The molecule has 83 heavy (non-hydrogen) atoms. The van der Waals surface area contributed by atoms with E-state index in [0.717, 1.165) is 5.57 Å². The number of terminal acetylenes is 2. The van der Waals surface area contributed by atoms with Gasteiger partial charge in [-0.2, -0.15) is 20.5 Å². The minimum absolute atomic E-state index is 0.0383. The lowest BCUT2D eigenvalue weighted by Gasteiger charge is -2.50. The fourth-order valence-electron chi connectivity index (χ4n) is 11.6. The number of aliphatic hydroxyl groups is 3. The van der Waals surface area contributed by atoms with Crippen LogP contribution in [0.15, 0.2) is 79.9 Å². The number of nitrogens with zero attached hydrogens (tertiary/aromatic N) is 4. The van der Waals surface area contributed by atoms with Gasteiger partial charge in [0, 0.05) is 101 Å². The summed E-state index contributed by atoms with van der Waals surface area (Å²) in [6.45, 7) is 18.1. The van der Waals surface area contributed by atoms with Gasteiger partial charge in [0.15, 0.2) is 29.5 Å². The molecule has 1 amide bonds. The lowest BCUT2D eigenvalue weighted by Crippen LogP contribution is -2.59. The van der Waals surface area contributed by atoms with Crippen molar-refractivity contribution in [2.75, 3.05) is 14.2 Å². The van der Waals surface area contributed by atoms with Crippen molar-refractivity contribution in [2.45, 2.75) is 231 Å². The van der Waals surface area contributed by atoms with Crippen molar-refractivity contribution in [3.05, 3.63) is 59.4 Å². The van der Waals surface area contributed by atoms with Crippen molar-refractivity contribution in [1.29, 1.82) is 0 Å². The van der Waals surface area contributed by atoms with Crippen molar-refractivity contribution in [1.82, 2.24) is 0 Å². The molecule has 2 fully saturated rings. The highest BCUT2D eigenvalue weighted by Crippen LogP contribution is 2.44. The number of cyclic esters (lactones) is 1. The topological polar surface area (TPSA) is 288 Å². The summed E-state index contributed by atoms with van der Waals surface area (Å²) in [4.78, 5) is 53.3. The van der Waals surface area contributed by atoms with Gasteiger partial charge in [-0.05, 0) is 52.5 Å². The maximum atomic E-state index is 14.3. The predicted octanol–water partition coefficient (Wildman–Crippen LogP) is 8.80. The molecule has 0 radical (unpaired) electrons. The molecule has 5 aliphatic rings. The minimum Gasteiger partial charge on any atom is -0.490 e. The van der Waals surface area contributed by atoms with Crippen molar-refractivity contribution in [3.8, 4) is 24.7 Å². The zero-order valence-electron chi connectivity index (χ0n) is 50.5. The maximum absolute atomic E-state index is 14.3. The molecule has 0 spiro atoms. The fraction of sp³-hybridized carbons (Fsp3) is 0.710. The van der Waals surface area contributed by atoms with E-state index in [9.17, 15) is 34.5 Å². The minimum atomic E-state index is -2.07. The second-order valence-electron chi connectivity index (χ2n) is 23.2. The van der Waals surface area contributed by atoms with Gasteiger partial charge in [-0.1, -0.05) is 89.1 Å². The molecule has 21 heteroatoms. The molecule has 0 aromatic heterocycles. The molecular formula is C62H91N5O16. The number of aliphatic hydroxyl groups excluding tert-OH is 2. The van der Waals surface area contributed by atoms with Gasteiger partial charge in [-0.15, -0.1) is 24.7 Å². The molecule has 2 saturated heterocycles. The molecule has 5 aliphatic heterocycles. The number of allylic oxidation sites excluding steroid dienone is 6. The van der Waals surface area contributed by atoms with Gasteiger partial charge >= 0.3 is 24.0 Å². The Morgan fingerprint density at radius 2 is 1.54 bits per heavy atom. The lowest BCUT2D eigenvalue weighted by molar-refractivity contribution is -0.339. The molecule has 5 heterocycles. The highest BCUT2D eigenvalue weighted by Gasteiger charge is 2.53. The molecule has 5 N–H and O–H groups in total. The third kappa shape index (κ3) is 18.9. The number of methoxy groups -OCH3 is 2. The van der Waals surface area contributed by atoms with Gasteiger partial charge in [0.05, 0.1) is 37.6 Å². The molecule has 0 aromatic rings. The van der Waals surface area contributed by atoms with Crippen LogP contribution in [-0.4, -0.2) is 138 Å². The highest BCUT2D eigenvalue weighted by molar-refractivity contribution is 5.87. The summed E-state index contributed by atoms with van der Waals surface area (Å²) >= 11 is 0. The lowest BCUT2D eigenvalue weighted by atomic mass is 9.77. The van der Waals surface area contributed by atoms with Gasteiger partial charge in [0.1, 0.15) is 24.4 Å². The van der Waals surface area contributed by atoms with Crippen LogP contribution in [0, 0.1) is 60.2 Å². The van der Waals surface area contributed by atoms with E-state index in [1.54, 1.807) is 58.9 Å². The number of carbonyl (C=O) groups excluding carboxylic acids is 4. The molecule has 6 unspecified atom stereocenters. The molecule has 0 saturated carbocycles. The van der Waals surface area contributed by atoms with Crippen molar-refractivity contribution < 1.29 is 77.1 Å². The normalized spacial score (nSPS) is 36.0. The van der Waals surface area contributed by atoms with E-state index >= 15 is 0 Å². The predicted molar refractivity (Wildman–Crippen MR) is 306 cm³/mol. The van der Waals surface area contributed by atoms with Crippen LogP contribution in [0.1, 0.15) is 146 Å². The molecule has 0 aliphatic carbocycles. The van der Waals surface area contributed by atoms with Crippen LogP contribution in [0.3, 0.4) is 0 Å². The Morgan fingerprint density at radius 1 is 0.928 bits per heavy atom. The molecule has 5 rings (SSSR count). The van der Waals surface area contributed by atoms with Crippen LogP contribution in [0.25, 0.3) is 0 Å². The van der Waals surface area contributed by atoms with E-state index in [1.165, 1.54) is 20.3 Å². The smallest absolute Gasteiger partial charge is 0.404 e. The Kier molecular flexibility index (Phi) is 25.3. The number of hydrogen-bond donors (Lipinski definition) is 4. The number of amides is 1. The monoisotopic (exact) mass is 1160 g/mol. The Hall–Kier alpha value is -5.78. The van der Waals surface area contributed by atoms with Gasteiger partial charge in [-0.3, -0.25) is 9.59 Å². The van der Waals surface area contributed by atoms with Crippen LogP contribution in [0.2, 0.25) is 0 Å². The van der Waals surface area contributed by atoms with Crippen molar-refractivity contribution in [2.24, 2.45) is 61.7 Å². The average Bonchev–Trinajstić information content (AvgIpc) is 4.53. The van der Waals surface area contributed by atoms with Crippen LogP contribution in [0.4, 0.5) is 4.79 Å². The van der Waals surface area contributed by atoms with Crippen LogP contribution < -0.4 is 5.73 Å². The Bertz CT molecular complexity index is 2520. The molecule has 0 aromatic carbocycles. The summed E-state index contributed by atoms with van der Waals surface area (Å²) in [6.07, 6.45) is 14.7. The average molecular weight is 1160 g/mol. The SMILES string of the molecule is C#CCCC1(CCC(=O)OC2CC(O[C@@H]3CC(O)([C@@H](C)[C@H](O)[C@H](C)C4OC(=O)/C(OC)=C/C(C)=C/[C@@H](C)C(O)C(CC)[C@@H](OC(=O)CCC5(CCC#C)N=N5)[C@H](C)C/C(C)=C/C=C/[C@@H]4OC)O[C@H](/C=C/C)[C@H]3C)O[C@@H](C)[C@@H]2OC(N)=O)N=N1. The zero-order chi connectivity index (χ0) is 61.4. The Morgan fingerprint density at radius 3 is 2.08 bits per heavy atom. The first-order valence-electron chi connectivity index (χ1n) is 29.1. The molecular weight excluding hydrogens is 1070 g/mol. The number of carbonyl (C=O) groups is 4. The standard InChI is InChI=1S/C62H91N5O16/c1-15-19-27-60(64-65-60)29-25-50(68)78-47-34-52(77-43(12)57(47)82-59(63)73)79-49-35-62(74,83-45(22-17-3)40(49)9)42(11)54(71)41(10)56-46(75-13)24-21-23-36(5)31-39(8)55(80-51(69)26-30-61(66-67-61)28-20-16-2)44(18-4)53(70)38(7)32-37(6)33-48(76-14)58(72)81-56/h1-2,17,21-24,32-33,38-47,49,52-57,70-71,74H,18-20,25-31,34-35H2,3-14H3,(H2,63,73)/b22-17+,24-21+,36-23+,37-32+,48-33-/t38-,39-,40-,41+,42+,43+,44?,45-,46+,47?,49-,52?,53?,54-,55+,56?,57+,62?/m1/s1. The van der Waals surface area contributed by atoms with E-state index in [1.807, 2.05) is 46.8 Å². The first-order chi connectivity index (χ1) is 39.3. The van der Waals surface area contributed by atoms with Crippen LogP contribution >= 0.6 is 0 Å². The summed E-state index contributed by atoms with van der Waals surface area (Å²) in [5.74, 6) is -2.58. The third-order valence-electron chi connectivity index (χ3n) is 16.8. The third-order valence-corrected chi connectivity index (χ3v) is 16.8. The van der Waals surface area contributed by atoms with Crippen molar-refractivity contribution in [3.63, 3.8) is 0 Å². The van der Waals surface area contributed by atoms with E-state index in [-0.39, 0.29) is 43.8 Å². The summed E-state index contributed by atoms with van der Waals surface area (Å²) in [5.41, 5.74) is 5.54. The second kappa shape index (κ2) is 30.9. The molecule has 460 valence electrons. The quantitative estimate of drug-likeness (QED) is 0.0322. The first-order valence-corrected chi connectivity index (χ1v) is 29.1. The number of esters is 3. The van der Waals surface area contributed by atoms with Gasteiger partial charge in [0.25, 0.3) is 0 Å². The number of rotatable bonds is 23. The first kappa shape index (κ1) is 68.0. The largest absolute Gasteiger partial charge is 0.490 e. The Balaban J connectivity index is 1.40. The maximum Gasteiger partial charge on any atom is 0.404 e. The second-order valence-corrected chi connectivity index (χ2v) is 23.2. The summed E-state index contributed by atoms with van der Waals surface area (Å²) in [7, 11) is 2.78. The van der Waals surface area contributed by atoms with Crippen LogP contribution in [-0.2, 0) is 57.0 Å². The van der Waals surface area contributed by atoms with Gasteiger partial charge < -0.3 is 63.7 Å². The summed E-state index contributed by atoms with van der Waals surface area (Å²) in [5, 5.41) is 53.8. The number of primary amides is 1. The van der Waals surface area contributed by atoms with Crippen LogP contribution in [0.5, 0.6) is 0 Å². The molecule has 0 bridgehead atoms. The van der Waals surface area contributed by atoms with E-state index in [0.29, 0.717) is 50.5 Å². The number of hydrogen-bond acceptors (Lipinski definition) is 20. The zero-order valence-corrected chi connectivity index (χ0v) is 50.5. The summed E-state index contributed by atoms with van der Waals surface area (Å²) in [6, 6.07) is 0. The van der Waals surface area contributed by atoms with Gasteiger partial charge in [-0.25, -0.2) is 9.59 Å². The van der Waals surface area contributed by atoms with Gasteiger partial charge in [0.2, 0.25) is 5.76 Å². The van der Waals surface area contributed by atoms with E-state index in [2.05, 4.69) is 32.3 Å². The fourth-order valence-corrected chi connectivity index (χ4v) is 11.6. The highest BCUT2D eigenvalue weighted by atomic mass is 16.7.